The first-order valence-electron chi connectivity index (χ1n) is 9.14. The van der Waals surface area contributed by atoms with Gasteiger partial charge >= 0.3 is 6.03 Å². The number of rotatable bonds is 5. The molecule has 0 radical (unpaired) electrons. The number of nitrogens with zero attached hydrogens (tertiary/aromatic N) is 3. The fraction of sp³-hybridized carbons (Fsp3) is 0.474. The van der Waals surface area contributed by atoms with Crippen molar-refractivity contribution < 1.29 is 9.18 Å². The number of nitrogens with one attached hydrogen (secondary N) is 2. The number of hydrogen-bond donors (Lipinski definition) is 2. The molecule has 1 aromatic heterocycles. The fourth-order valence-corrected chi connectivity index (χ4v) is 3.37. The van der Waals surface area contributed by atoms with Crippen LogP contribution in [0, 0.1) is 12.7 Å². The summed E-state index contributed by atoms with van der Waals surface area (Å²) in [5.74, 6) is -0.356. The Labute approximate surface area is 153 Å². The molecule has 26 heavy (non-hydrogen) atoms. The van der Waals surface area contributed by atoms with Gasteiger partial charge in [-0.3, -0.25) is 4.90 Å². The van der Waals surface area contributed by atoms with E-state index in [0.29, 0.717) is 29.7 Å². The first-order chi connectivity index (χ1) is 12.6. The number of piperidine rings is 1. The van der Waals surface area contributed by atoms with Crippen molar-refractivity contribution in [3.63, 3.8) is 0 Å². The van der Waals surface area contributed by atoms with Crippen LogP contribution in [0.3, 0.4) is 0 Å². The lowest BCUT2D eigenvalue weighted by atomic mass is 10.0. The highest BCUT2D eigenvalue weighted by atomic mass is 19.1. The van der Waals surface area contributed by atoms with Crippen molar-refractivity contribution in [2.45, 2.75) is 39.2 Å². The molecule has 7 heteroatoms. The minimum atomic E-state index is -0.356. The molecule has 3 rings (SSSR count). The second-order valence-corrected chi connectivity index (χ2v) is 6.77. The van der Waals surface area contributed by atoms with Gasteiger partial charge in [-0.2, -0.15) is 5.10 Å². The summed E-state index contributed by atoms with van der Waals surface area (Å²) in [5, 5.41) is 9.87. The normalized spacial score (nSPS) is 17.9. The third-order valence-electron chi connectivity index (χ3n) is 4.96. The third kappa shape index (κ3) is 4.22. The van der Waals surface area contributed by atoms with E-state index in [0.717, 1.165) is 13.1 Å². The zero-order chi connectivity index (χ0) is 18.5. The van der Waals surface area contributed by atoms with Crippen LogP contribution < -0.4 is 10.6 Å². The number of benzene rings is 1. The Bertz CT molecular complexity index is 760. The molecule has 0 saturated carbocycles. The van der Waals surface area contributed by atoms with Crippen LogP contribution in [0.1, 0.15) is 31.9 Å². The second-order valence-electron chi connectivity index (χ2n) is 6.77. The molecule has 1 fully saturated rings. The number of para-hydroxylation sites is 1. The SMILES string of the molecule is Cc1c(NC(=O)NCCN2CCCCC2C)cnn1-c1ccccc1F. The Balaban J connectivity index is 1.54. The topological polar surface area (TPSA) is 62.2 Å². The lowest BCUT2D eigenvalue weighted by Gasteiger charge is -2.33. The molecular formula is C19H26FN5O. The van der Waals surface area contributed by atoms with Gasteiger partial charge in [0.05, 0.1) is 17.6 Å². The maximum atomic E-state index is 13.9. The first kappa shape index (κ1) is 18.4. The molecule has 1 aliphatic heterocycles. The number of urea groups is 1. The lowest BCUT2D eigenvalue weighted by molar-refractivity contribution is 0.162. The standard InChI is InChI=1S/C19H26FN5O/c1-14-7-5-6-11-24(14)12-10-21-19(26)23-17-13-22-25(15(17)2)18-9-4-3-8-16(18)20/h3-4,8-9,13-14H,5-7,10-12H2,1-2H3,(H2,21,23,26). The van der Waals surface area contributed by atoms with Gasteiger partial charge in [0, 0.05) is 19.1 Å². The monoisotopic (exact) mass is 359 g/mol. The van der Waals surface area contributed by atoms with E-state index in [9.17, 15) is 9.18 Å². The molecule has 140 valence electrons. The summed E-state index contributed by atoms with van der Waals surface area (Å²) >= 11 is 0. The molecule has 0 spiro atoms. The minimum absolute atomic E-state index is 0.272. The van der Waals surface area contributed by atoms with Gasteiger partial charge in [-0.15, -0.1) is 0 Å². The third-order valence-corrected chi connectivity index (χ3v) is 4.96. The van der Waals surface area contributed by atoms with Crippen LogP contribution >= 0.6 is 0 Å². The summed E-state index contributed by atoms with van der Waals surface area (Å²) in [6.45, 7) is 6.57. The van der Waals surface area contributed by atoms with Crippen molar-refractivity contribution in [1.29, 1.82) is 0 Å². The van der Waals surface area contributed by atoms with E-state index in [-0.39, 0.29) is 11.8 Å². The Hall–Kier alpha value is -2.41. The van der Waals surface area contributed by atoms with Crippen molar-refractivity contribution in [2.24, 2.45) is 0 Å². The summed E-state index contributed by atoms with van der Waals surface area (Å²) in [7, 11) is 0. The summed E-state index contributed by atoms with van der Waals surface area (Å²) in [5.41, 5.74) is 1.60. The summed E-state index contributed by atoms with van der Waals surface area (Å²) in [4.78, 5) is 14.6. The maximum Gasteiger partial charge on any atom is 0.319 e. The van der Waals surface area contributed by atoms with Gasteiger partial charge in [-0.25, -0.2) is 13.9 Å². The average molecular weight is 359 g/mol. The van der Waals surface area contributed by atoms with Crippen molar-refractivity contribution in [2.75, 3.05) is 25.0 Å². The number of carbonyl (C=O) groups excluding carboxylic acids is 1. The Morgan fingerprint density at radius 2 is 2.15 bits per heavy atom. The van der Waals surface area contributed by atoms with Crippen molar-refractivity contribution >= 4 is 11.7 Å². The number of halogens is 1. The Morgan fingerprint density at radius 1 is 1.35 bits per heavy atom. The number of carbonyl (C=O) groups is 1. The Kier molecular flexibility index (Phi) is 5.88. The highest BCUT2D eigenvalue weighted by molar-refractivity contribution is 5.89. The maximum absolute atomic E-state index is 13.9. The molecule has 1 aromatic carbocycles. The average Bonchev–Trinajstić information content (AvgIpc) is 2.97. The summed E-state index contributed by atoms with van der Waals surface area (Å²) in [6, 6.07) is 6.73. The van der Waals surface area contributed by atoms with Crippen LogP contribution in [0.2, 0.25) is 0 Å². The lowest BCUT2D eigenvalue weighted by Crippen LogP contribution is -2.43. The number of likely N-dealkylation sites (tertiary alicyclic amines) is 1. The highest BCUT2D eigenvalue weighted by Gasteiger charge is 2.18. The molecule has 2 amide bonds. The van der Waals surface area contributed by atoms with E-state index in [1.54, 1.807) is 25.1 Å². The predicted octanol–water partition coefficient (Wildman–Crippen LogP) is 3.32. The van der Waals surface area contributed by atoms with Crippen LogP contribution in [-0.2, 0) is 0 Å². The van der Waals surface area contributed by atoms with E-state index < -0.39 is 0 Å². The highest BCUT2D eigenvalue weighted by Crippen LogP contribution is 2.20. The molecule has 0 bridgehead atoms. The molecule has 1 aliphatic rings. The Morgan fingerprint density at radius 3 is 2.92 bits per heavy atom. The van der Waals surface area contributed by atoms with E-state index in [1.807, 2.05) is 0 Å². The van der Waals surface area contributed by atoms with Crippen molar-refractivity contribution in [3.8, 4) is 5.69 Å². The van der Waals surface area contributed by atoms with E-state index in [4.69, 9.17) is 0 Å². The van der Waals surface area contributed by atoms with Gasteiger partial charge in [-0.05, 0) is 45.4 Å². The van der Waals surface area contributed by atoms with Gasteiger partial charge in [0.2, 0.25) is 0 Å². The zero-order valence-corrected chi connectivity index (χ0v) is 15.3. The largest absolute Gasteiger partial charge is 0.337 e. The van der Waals surface area contributed by atoms with E-state index in [1.165, 1.54) is 36.2 Å². The molecule has 6 nitrogen and oxygen atoms in total. The molecule has 2 N–H and O–H groups in total. The minimum Gasteiger partial charge on any atom is -0.337 e. The van der Waals surface area contributed by atoms with Crippen LogP contribution in [0.15, 0.2) is 30.5 Å². The van der Waals surface area contributed by atoms with Crippen LogP contribution in [0.5, 0.6) is 0 Å². The summed E-state index contributed by atoms with van der Waals surface area (Å²) in [6.07, 6.45) is 5.27. The molecule has 2 heterocycles. The van der Waals surface area contributed by atoms with Gasteiger partial charge in [-0.1, -0.05) is 18.6 Å². The molecule has 1 atom stereocenters. The zero-order valence-electron chi connectivity index (χ0n) is 15.3. The van der Waals surface area contributed by atoms with E-state index >= 15 is 0 Å². The van der Waals surface area contributed by atoms with E-state index in [2.05, 4.69) is 27.6 Å². The predicted molar refractivity (Wildman–Crippen MR) is 100 cm³/mol. The number of amides is 2. The quantitative estimate of drug-likeness (QED) is 0.861. The van der Waals surface area contributed by atoms with Gasteiger partial charge in [0.15, 0.2) is 0 Å². The van der Waals surface area contributed by atoms with Crippen LogP contribution in [0.25, 0.3) is 5.69 Å². The van der Waals surface area contributed by atoms with Crippen molar-refractivity contribution in [1.82, 2.24) is 20.0 Å². The molecule has 1 saturated heterocycles. The second kappa shape index (κ2) is 8.31. The van der Waals surface area contributed by atoms with Gasteiger partial charge in [0.1, 0.15) is 11.5 Å². The van der Waals surface area contributed by atoms with Crippen LogP contribution in [0.4, 0.5) is 14.9 Å². The fourth-order valence-electron chi connectivity index (χ4n) is 3.37. The number of anilines is 1. The van der Waals surface area contributed by atoms with Crippen molar-refractivity contribution in [3.05, 3.63) is 42.0 Å². The number of aromatic nitrogens is 2. The molecule has 0 aliphatic carbocycles. The first-order valence-corrected chi connectivity index (χ1v) is 9.14. The molecule has 2 aromatic rings. The molecule has 1 unspecified atom stereocenters. The van der Waals surface area contributed by atoms with Crippen LogP contribution in [-0.4, -0.2) is 46.4 Å². The number of hydrogen-bond acceptors (Lipinski definition) is 3. The van der Waals surface area contributed by atoms with Gasteiger partial charge < -0.3 is 10.6 Å². The smallest absolute Gasteiger partial charge is 0.319 e. The molecular weight excluding hydrogens is 333 g/mol. The van der Waals surface area contributed by atoms with Gasteiger partial charge in [0.25, 0.3) is 0 Å². The summed E-state index contributed by atoms with van der Waals surface area (Å²) < 4.78 is 15.4.